The molecule has 0 aliphatic carbocycles. The SMILES string of the molecule is c1cc(CN2CCC[C@H](N3CCN(Cc4ccc5c(c4)OCO5)CC3)C2)c2nonc2c1. The maximum atomic E-state index is 5.53. The smallest absolute Gasteiger partial charge is 0.231 e. The molecule has 0 amide bonds. The number of rotatable bonds is 5. The van der Waals surface area contributed by atoms with Gasteiger partial charge in [0.2, 0.25) is 6.79 Å². The monoisotopic (exact) mass is 435 g/mol. The highest BCUT2D eigenvalue weighted by Crippen LogP contribution is 2.33. The van der Waals surface area contributed by atoms with Gasteiger partial charge in [0.25, 0.3) is 0 Å². The van der Waals surface area contributed by atoms with E-state index in [-0.39, 0.29) is 0 Å². The lowest BCUT2D eigenvalue weighted by Gasteiger charge is -2.43. The van der Waals surface area contributed by atoms with Crippen LogP contribution >= 0.6 is 0 Å². The van der Waals surface area contributed by atoms with Crippen molar-refractivity contribution in [2.45, 2.75) is 32.0 Å². The number of piperidine rings is 1. The summed E-state index contributed by atoms with van der Waals surface area (Å²) in [6.45, 7) is 8.94. The van der Waals surface area contributed by atoms with Gasteiger partial charge in [0.05, 0.1) is 0 Å². The summed E-state index contributed by atoms with van der Waals surface area (Å²) in [5, 5.41) is 8.10. The van der Waals surface area contributed by atoms with Crippen LogP contribution in [0.2, 0.25) is 0 Å². The van der Waals surface area contributed by atoms with E-state index < -0.39 is 0 Å². The second kappa shape index (κ2) is 8.69. The molecule has 1 atom stereocenters. The minimum atomic E-state index is 0.334. The second-order valence-corrected chi connectivity index (χ2v) is 9.08. The van der Waals surface area contributed by atoms with E-state index in [0.717, 1.165) is 74.9 Å². The quantitative estimate of drug-likeness (QED) is 0.606. The van der Waals surface area contributed by atoms with Gasteiger partial charge < -0.3 is 9.47 Å². The first-order valence-electron chi connectivity index (χ1n) is 11.6. The number of ether oxygens (including phenoxy) is 2. The lowest BCUT2D eigenvalue weighted by Crippen LogP contribution is -2.54. The predicted octanol–water partition coefficient (Wildman–Crippen LogP) is 2.73. The highest BCUT2D eigenvalue weighted by molar-refractivity contribution is 5.76. The van der Waals surface area contributed by atoms with E-state index in [9.17, 15) is 0 Å². The molecule has 0 spiro atoms. The highest BCUT2D eigenvalue weighted by Gasteiger charge is 2.28. The first-order chi connectivity index (χ1) is 15.8. The lowest BCUT2D eigenvalue weighted by molar-refractivity contribution is 0.0478. The van der Waals surface area contributed by atoms with Crippen molar-refractivity contribution < 1.29 is 14.1 Å². The molecular weight excluding hydrogens is 406 g/mol. The number of hydrogen-bond donors (Lipinski definition) is 0. The fourth-order valence-corrected chi connectivity index (χ4v) is 5.29. The number of benzene rings is 2. The van der Waals surface area contributed by atoms with Crippen LogP contribution in [0.1, 0.15) is 24.0 Å². The third kappa shape index (κ3) is 4.05. The number of likely N-dealkylation sites (tertiary alicyclic amines) is 1. The Morgan fingerprint density at radius 3 is 2.72 bits per heavy atom. The summed E-state index contributed by atoms with van der Waals surface area (Å²) in [5.41, 5.74) is 4.24. The van der Waals surface area contributed by atoms with Gasteiger partial charge in [-0.3, -0.25) is 14.7 Å². The number of hydrogen-bond acceptors (Lipinski definition) is 8. The van der Waals surface area contributed by atoms with Gasteiger partial charge in [0, 0.05) is 51.9 Å². The maximum absolute atomic E-state index is 5.53. The number of nitrogens with zero attached hydrogens (tertiary/aromatic N) is 5. The Morgan fingerprint density at radius 2 is 1.78 bits per heavy atom. The van der Waals surface area contributed by atoms with Gasteiger partial charge in [-0.15, -0.1) is 0 Å². The minimum absolute atomic E-state index is 0.334. The van der Waals surface area contributed by atoms with Crippen molar-refractivity contribution in [2.24, 2.45) is 0 Å². The molecule has 0 saturated carbocycles. The van der Waals surface area contributed by atoms with Crippen LogP contribution in [0.5, 0.6) is 11.5 Å². The Kier molecular flexibility index (Phi) is 5.42. The molecule has 2 aromatic carbocycles. The highest BCUT2D eigenvalue weighted by atomic mass is 16.7. The van der Waals surface area contributed by atoms with E-state index in [1.807, 2.05) is 18.2 Å². The summed E-state index contributed by atoms with van der Waals surface area (Å²) in [4.78, 5) is 7.81. The molecule has 32 heavy (non-hydrogen) atoms. The number of piperazine rings is 1. The second-order valence-electron chi connectivity index (χ2n) is 9.08. The van der Waals surface area contributed by atoms with E-state index >= 15 is 0 Å². The van der Waals surface area contributed by atoms with Gasteiger partial charge in [-0.05, 0) is 59.0 Å². The molecule has 8 nitrogen and oxygen atoms in total. The molecule has 3 aromatic rings. The zero-order valence-corrected chi connectivity index (χ0v) is 18.3. The van der Waals surface area contributed by atoms with Crippen LogP contribution in [0.25, 0.3) is 11.0 Å². The van der Waals surface area contributed by atoms with E-state index in [1.165, 1.54) is 24.0 Å². The predicted molar refractivity (Wildman–Crippen MR) is 120 cm³/mol. The molecule has 0 N–H and O–H groups in total. The van der Waals surface area contributed by atoms with Crippen molar-refractivity contribution in [1.29, 1.82) is 0 Å². The van der Waals surface area contributed by atoms with Gasteiger partial charge in [0.1, 0.15) is 11.0 Å². The standard InChI is InChI=1S/C24H29N5O3/c1-3-19(24-21(5-1)25-32-26-24)15-28-8-2-4-20(16-28)29-11-9-27(10-12-29)14-18-6-7-22-23(13-18)31-17-30-22/h1,3,5-7,13,20H,2,4,8-12,14-17H2/t20-/m0/s1. The summed E-state index contributed by atoms with van der Waals surface area (Å²) in [6.07, 6.45) is 2.53. The summed E-state index contributed by atoms with van der Waals surface area (Å²) < 4.78 is 15.9. The van der Waals surface area contributed by atoms with Crippen LogP contribution in [-0.2, 0) is 13.1 Å². The molecule has 168 valence electrons. The van der Waals surface area contributed by atoms with Crippen molar-refractivity contribution in [3.05, 3.63) is 47.5 Å². The van der Waals surface area contributed by atoms with E-state index in [2.05, 4.69) is 43.2 Å². The Bertz CT molecular complexity index is 1080. The molecule has 0 unspecified atom stereocenters. The van der Waals surface area contributed by atoms with Crippen LogP contribution in [0, 0.1) is 0 Å². The van der Waals surface area contributed by atoms with Gasteiger partial charge in [0.15, 0.2) is 11.5 Å². The third-order valence-corrected chi connectivity index (χ3v) is 7.01. The van der Waals surface area contributed by atoms with Crippen LogP contribution in [-0.4, -0.2) is 77.1 Å². The molecule has 2 fully saturated rings. The zero-order chi connectivity index (χ0) is 21.3. The van der Waals surface area contributed by atoms with Gasteiger partial charge >= 0.3 is 0 Å². The first kappa shape index (κ1) is 20.0. The Labute approximate surface area is 187 Å². The van der Waals surface area contributed by atoms with Crippen molar-refractivity contribution in [2.75, 3.05) is 46.1 Å². The Hall–Kier alpha value is -2.68. The van der Waals surface area contributed by atoms with Crippen molar-refractivity contribution in [1.82, 2.24) is 25.0 Å². The minimum Gasteiger partial charge on any atom is -0.454 e. The lowest BCUT2D eigenvalue weighted by atomic mass is 10.0. The molecular formula is C24H29N5O3. The molecule has 4 heterocycles. The van der Waals surface area contributed by atoms with E-state index in [1.54, 1.807) is 0 Å². The van der Waals surface area contributed by atoms with Crippen molar-refractivity contribution in [3.63, 3.8) is 0 Å². The average molecular weight is 436 g/mol. The molecule has 0 bridgehead atoms. The number of aromatic nitrogens is 2. The first-order valence-corrected chi connectivity index (χ1v) is 11.6. The van der Waals surface area contributed by atoms with Gasteiger partial charge in [-0.2, -0.15) is 0 Å². The zero-order valence-electron chi connectivity index (χ0n) is 18.3. The van der Waals surface area contributed by atoms with Crippen LogP contribution in [0.15, 0.2) is 41.0 Å². The molecule has 3 aliphatic rings. The average Bonchev–Trinajstić information content (AvgIpc) is 3.49. The summed E-state index contributed by atoms with van der Waals surface area (Å²) in [7, 11) is 0. The normalized spacial score (nSPS) is 22.6. The van der Waals surface area contributed by atoms with Gasteiger partial charge in [-0.25, -0.2) is 4.63 Å². The van der Waals surface area contributed by atoms with Crippen LogP contribution < -0.4 is 9.47 Å². The van der Waals surface area contributed by atoms with Crippen molar-refractivity contribution in [3.8, 4) is 11.5 Å². The maximum Gasteiger partial charge on any atom is 0.231 e. The molecule has 8 heteroatoms. The molecule has 1 aromatic heterocycles. The fraction of sp³-hybridized carbons (Fsp3) is 0.500. The Morgan fingerprint density at radius 1 is 0.875 bits per heavy atom. The fourth-order valence-electron chi connectivity index (χ4n) is 5.29. The summed E-state index contributed by atoms with van der Waals surface area (Å²) in [6, 6.07) is 13.1. The van der Waals surface area contributed by atoms with Gasteiger partial charge in [-0.1, -0.05) is 18.2 Å². The van der Waals surface area contributed by atoms with Crippen molar-refractivity contribution >= 4 is 11.0 Å². The number of fused-ring (bicyclic) bond motifs is 2. The molecule has 0 radical (unpaired) electrons. The van der Waals surface area contributed by atoms with Crippen LogP contribution in [0.3, 0.4) is 0 Å². The topological polar surface area (TPSA) is 67.1 Å². The van der Waals surface area contributed by atoms with Crippen LogP contribution in [0.4, 0.5) is 0 Å². The van der Waals surface area contributed by atoms with E-state index in [4.69, 9.17) is 14.1 Å². The summed E-state index contributed by atoms with van der Waals surface area (Å²) in [5.74, 6) is 1.73. The molecule has 2 saturated heterocycles. The Balaban J connectivity index is 1.03. The molecule has 3 aliphatic heterocycles. The third-order valence-electron chi connectivity index (χ3n) is 7.01. The largest absolute Gasteiger partial charge is 0.454 e. The molecule has 6 rings (SSSR count). The van der Waals surface area contributed by atoms with E-state index in [0.29, 0.717) is 12.8 Å². The summed E-state index contributed by atoms with van der Waals surface area (Å²) >= 11 is 0.